The van der Waals surface area contributed by atoms with Crippen LogP contribution in [-0.4, -0.2) is 51.8 Å². The molecule has 1 amide bonds. The SMILES string of the molecule is CCOC(=O)CCCNCC(=O)NCCOC. The van der Waals surface area contributed by atoms with Crippen LogP contribution in [0.5, 0.6) is 0 Å². The Morgan fingerprint density at radius 3 is 2.65 bits per heavy atom. The van der Waals surface area contributed by atoms with E-state index in [1.54, 1.807) is 14.0 Å². The van der Waals surface area contributed by atoms with E-state index in [0.29, 0.717) is 39.1 Å². The summed E-state index contributed by atoms with van der Waals surface area (Å²) in [4.78, 5) is 22.2. The van der Waals surface area contributed by atoms with Crippen LogP contribution < -0.4 is 10.6 Å². The van der Waals surface area contributed by atoms with Gasteiger partial charge in [0.25, 0.3) is 0 Å². The van der Waals surface area contributed by atoms with Gasteiger partial charge < -0.3 is 20.1 Å². The molecule has 0 fully saturated rings. The van der Waals surface area contributed by atoms with Gasteiger partial charge in [-0.15, -0.1) is 0 Å². The van der Waals surface area contributed by atoms with Gasteiger partial charge in [-0.05, 0) is 19.9 Å². The van der Waals surface area contributed by atoms with Gasteiger partial charge in [-0.2, -0.15) is 0 Å². The van der Waals surface area contributed by atoms with Gasteiger partial charge >= 0.3 is 5.97 Å². The van der Waals surface area contributed by atoms with Crippen LogP contribution in [-0.2, 0) is 19.1 Å². The van der Waals surface area contributed by atoms with Gasteiger partial charge in [0, 0.05) is 20.1 Å². The van der Waals surface area contributed by atoms with E-state index >= 15 is 0 Å². The van der Waals surface area contributed by atoms with Crippen LogP contribution in [0.1, 0.15) is 19.8 Å². The molecule has 0 saturated heterocycles. The molecule has 0 unspecified atom stereocenters. The average molecular weight is 246 g/mol. The molecule has 0 heterocycles. The van der Waals surface area contributed by atoms with Crippen molar-refractivity contribution in [3.63, 3.8) is 0 Å². The zero-order valence-electron chi connectivity index (χ0n) is 10.6. The minimum atomic E-state index is -0.196. The van der Waals surface area contributed by atoms with Gasteiger partial charge in [0.2, 0.25) is 5.91 Å². The highest BCUT2D eigenvalue weighted by atomic mass is 16.5. The van der Waals surface area contributed by atoms with E-state index in [1.807, 2.05) is 0 Å². The van der Waals surface area contributed by atoms with Gasteiger partial charge in [0.15, 0.2) is 0 Å². The number of amides is 1. The highest BCUT2D eigenvalue weighted by Gasteiger charge is 2.02. The second kappa shape index (κ2) is 11.3. The standard InChI is InChI=1S/C11H22N2O4/c1-3-17-11(15)5-4-6-12-9-10(14)13-7-8-16-2/h12H,3-9H2,1-2H3,(H,13,14). The van der Waals surface area contributed by atoms with Gasteiger partial charge in [-0.1, -0.05) is 0 Å². The topological polar surface area (TPSA) is 76.7 Å². The molecule has 0 aromatic carbocycles. The Balaban J connectivity index is 3.27. The summed E-state index contributed by atoms with van der Waals surface area (Å²) in [7, 11) is 1.58. The number of esters is 1. The largest absolute Gasteiger partial charge is 0.466 e. The smallest absolute Gasteiger partial charge is 0.305 e. The molecule has 2 N–H and O–H groups in total. The maximum Gasteiger partial charge on any atom is 0.305 e. The molecular weight excluding hydrogens is 224 g/mol. The van der Waals surface area contributed by atoms with E-state index in [4.69, 9.17) is 9.47 Å². The molecule has 0 radical (unpaired) electrons. The molecule has 100 valence electrons. The van der Waals surface area contributed by atoms with Crippen molar-refractivity contribution in [1.29, 1.82) is 0 Å². The van der Waals surface area contributed by atoms with Crippen molar-refractivity contribution in [1.82, 2.24) is 10.6 Å². The van der Waals surface area contributed by atoms with Crippen molar-refractivity contribution in [3.05, 3.63) is 0 Å². The number of hydrogen-bond donors (Lipinski definition) is 2. The summed E-state index contributed by atoms with van der Waals surface area (Å²) in [6, 6.07) is 0. The molecule has 17 heavy (non-hydrogen) atoms. The molecule has 0 saturated carbocycles. The second-order valence-corrected chi connectivity index (χ2v) is 3.43. The lowest BCUT2D eigenvalue weighted by Crippen LogP contribution is -2.36. The third-order valence-electron chi connectivity index (χ3n) is 1.95. The molecule has 0 rings (SSSR count). The lowest BCUT2D eigenvalue weighted by Gasteiger charge is -2.06. The molecule has 0 aromatic rings. The van der Waals surface area contributed by atoms with E-state index in [0.717, 1.165) is 0 Å². The zero-order valence-corrected chi connectivity index (χ0v) is 10.6. The summed E-state index contributed by atoms with van der Waals surface area (Å²) in [5, 5.41) is 5.63. The number of methoxy groups -OCH3 is 1. The molecule has 0 aliphatic rings. The van der Waals surface area contributed by atoms with E-state index < -0.39 is 0 Å². The minimum absolute atomic E-state index is 0.0711. The fraction of sp³-hybridized carbons (Fsp3) is 0.818. The second-order valence-electron chi connectivity index (χ2n) is 3.43. The Bertz CT molecular complexity index is 222. The number of rotatable bonds is 10. The number of nitrogens with one attached hydrogen (secondary N) is 2. The van der Waals surface area contributed by atoms with Gasteiger partial charge in [0.05, 0.1) is 19.8 Å². The number of ether oxygens (including phenoxy) is 2. The van der Waals surface area contributed by atoms with Crippen LogP contribution in [0.25, 0.3) is 0 Å². The Morgan fingerprint density at radius 2 is 2.00 bits per heavy atom. The highest BCUT2D eigenvalue weighted by Crippen LogP contribution is 1.90. The van der Waals surface area contributed by atoms with Crippen LogP contribution in [0.2, 0.25) is 0 Å². The predicted molar refractivity (Wildman–Crippen MR) is 63.6 cm³/mol. The Labute approximate surface area is 102 Å². The van der Waals surface area contributed by atoms with Gasteiger partial charge in [-0.3, -0.25) is 9.59 Å². The first-order chi connectivity index (χ1) is 8.20. The third kappa shape index (κ3) is 11.1. The van der Waals surface area contributed by atoms with Crippen molar-refractivity contribution in [2.45, 2.75) is 19.8 Å². The first kappa shape index (κ1) is 15.9. The van der Waals surface area contributed by atoms with Crippen molar-refractivity contribution < 1.29 is 19.1 Å². The first-order valence-electron chi connectivity index (χ1n) is 5.82. The zero-order chi connectivity index (χ0) is 12.9. The van der Waals surface area contributed by atoms with Crippen molar-refractivity contribution in [2.75, 3.05) is 40.0 Å². The van der Waals surface area contributed by atoms with Gasteiger partial charge in [-0.25, -0.2) is 0 Å². The lowest BCUT2D eigenvalue weighted by molar-refractivity contribution is -0.143. The molecule has 0 aliphatic heterocycles. The lowest BCUT2D eigenvalue weighted by atomic mass is 10.3. The fourth-order valence-corrected chi connectivity index (χ4v) is 1.15. The summed E-state index contributed by atoms with van der Waals surface area (Å²) in [6.07, 6.45) is 1.05. The normalized spacial score (nSPS) is 10.0. The molecule has 0 bridgehead atoms. The predicted octanol–water partition coefficient (Wildman–Crippen LogP) is -0.318. The molecular formula is C11H22N2O4. The summed E-state index contributed by atoms with van der Waals surface area (Å²) in [5.74, 6) is -0.267. The molecule has 0 atom stereocenters. The summed E-state index contributed by atoms with van der Waals surface area (Å²) in [5.41, 5.74) is 0. The number of hydrogen-bond acceptors (Lipinski definition) is 5. The average Bonchev–Trinajstić information content (AvgIpc) is 2.29. The van der Waals surface area contributed by atoms with E-state index in [9.17, 15) is 9.59 Å². The Morgan fingerprint density at radius 1 is 1.24 bits per heavy atom. The van der Waals surface area contributed by atoms with Crippen molar-refractivity contribution >= 4 is 11.9 Å². The van der Waals surface area contributed by atoms with E-state index in [1.165, 1.54) is 0 Å². The molecule has 6 heteroatoms. The number of carbonyl (C=O) groups excluding carboxylic acids is 2. The monoisotopic (exact) mass is 246 g/mol. The Hall–Kier alpha value is -1.14. The fourth-order valence-electron chi connectivity index (χ4n) is 1.15. The third-order valence-corrected chi connectivity index (χ3v) is 1.95. The van der Waals surface area contributed by atoms with Crippen LogP contribution >= 0.6 is 0 Å². The summed E-state index contributed by atoms with van der Waals surface area (Å²) >= 11 is 0. The molecule has 0 spiro atoms. The first-order valence-corrected chi connectivity index (χ1v) is 5.82. The van der Waals surface area contributed by atoms with Gasteiger partial charge in [0.1, 0.15) is 0 Å². The summed E-state index contributed by atoms with van der Waals surface area (Å²) < 4.78 is 9.57. The minimum Gasteiger partial charge on any atom is -0.466 e. The van der Waals surface area contributed by atoms with Crippen LogP contribution in [0.4, 0.5) is 0 Å². The van der Waals surface area contributed by atoms with Crippen LogP contribution in [0.3, 0.4) is 0 Å². The van der Waals surface area contributed by atoms with Crippen molar-refractivity contribution in [2.24, 2.45) is 0 Å². The molecule has 0 aliphatic carbocycles. The van der Waals surface area contributed by atoms with E-state index in [2.05, 4.69) is 10.6 Å². The summed E-state index contributed by atoms with van der Waals surface area (Å²) in [6.45, 7) is 4.09. The van der Waals surface area contributed by atoms with Crippen LogP contribution in [0, 0.1) is 0 Å². The maximum atomic E-state index is 11.2. The Kier molecular flexibility index (Phi) is 10.6. The molecule has 6 nitrogen and oxygen atoms in total. The van der Waals surface area contributed by atoms with Crippen LogP contribution in [0.15, 0.2) is 0 Å². The quantitative estimate of drug-likeness (QED) is 0.408. The highest BCUT2D eigenvalue weighted by molar-refractivity contribution is 5.77. The molecule has 0 aromatic heterocycles. The van der Waals surface area contributed by atoms with E-state index in [-0.39, 0.29) is 18.4 Å². The van der Waals surface area contributed by atoms with Crippen molar-refractivity contribution in [3.8, 4) is 0 Å². The maximum absolute atomic E-state index is 11.2. The number of carbonyl (C=O) groups is 2.